The van der Waals surface area contributed by atoms with Crippen molar-refractivity contribution in [1.29, 1.82) is 0 Å². The Morgan fingerprint density at radius 2 is 2.13 bits per heavy atom. The highest BCUT2D eigenvalue weighted by Gasteiger charge is 2.32. The van der Waals surface area contributed by atoms with E-state index in [1.54, 1.807) is 24.9 Å². The first-order chi connectivity index (χ1) is 15.0. The summed E-state index contributed by atoms with van der Waals surface area (Å²) in [7, 11) is 0. The summed E-state index contributed by atoms with van der Waals surface area (Å²) < 4.78 is 7.02. The number of carbonyl (C=O) groups is 2. The number of aryl methyl sites for hydroxylation is 2. The van der Waals surface area contributed by atoms with E-state index in [1.807, 2.05) is 24.3 Å². The normalized spacial score (nSPS) is 16.5. The summed E-state index contributed by atoms with van der Waals surface area (Å²) in [6, 6.07) is 7.78. The van der Waals surface area contributed by atoms with Crippen LogP contribution in [0, 0.1) is 13.8 Å². The Bertz CT molecular complexity index is 1130. The van der Waals surface area contributed by atoms with Gasteiger partial charge in [0.2, 0.25) is 0 Å². The smallest absolute Gasteiger partial charge is 0.261 e. The molecule has 2 amide bonds. The van der Waals surface area contributed by atoms with Crippen LogP contribution in [0.2, 0.25) is 0 Å². The number of morpholine rings is 1. The summed E-state index contributed by atoms with van der Waals surface area (Å²) >= 11 is 1.39. The number of hydrogen-bond acceptors (Lipinski definition) is 7. The Kier molecular flexibility index (Phi) is 6.26. The third-order valence-corrected chi connectivity index (χ3v) is 6.43. The van der Waals surface area contributed by atoms with Gasteiger partial charge in [-0.2, -0.15) is 0 Å². The van der Waals surface area contributed by atoms with Gasteiger partial charge >= 0.3 is 0 Å². The highest BCUT2D eigenvalue weighted by atomic mass is 32.1. The number of hydrogen-bond donors (Lipinski definition) is 2. The van der Waals surface area contributed by atoms with Gasteiger partial charge in [-0.25, -0.2) is 9.97 Å². The van der Waals surface area contributed by atoms with Crippen molar-refractivity contribution in [1.82, 2.24) is 20.2 Å². The van der Waals surface area contributed by atoms with Crippen LogP contribution in [-0.2, 0) is 4.74 Å². The molecule has 3 aromatic rings. The molecule has 0 radical (unpaired) electrons. The lowest BCUT2D eigenvalue weighted by molar-refractivity contribution is -0.0223. The zero-order chi connectivity index (χ0) is 22.0. The lowest BCUT2D eigenvalue weighted by Crippen LogP contribution is -2.43. The fourth-order valence-electron chi connectivity index (χ4n) is 3.78. The third-order valence-electron chi connectivity index (χ3n) is 5.24. The minimum absolute atomic E-state index is 0.133. The summed E-state index contributed by atoms with van der Waals surface area (Å²) in [5, 5.41) is 12.7. The highest BCUT2D eigenvalue weighted by Crippen LogP contribution is 2.38. The van der Waals surface area contributed by atoms with Gasteiger partial charge in [-0.1, -0.05) is 18.2 Å². The predicted octanol–water partition coefficient (Wildman–Crippen LogP) is 2.24. The summed E-state index contributed by atoms with van der Waals surface area (Å²) in [5.74, 6) is 0.230. The molecule has 1 fully saturated rings. The standard InChI is InChI=1S/C22H24N4O4S/c1-13-16(11-24-14(2)25-13)22(29)26-8-10-30-17(12-26)19-15-5-3-4-6-18(15)31-20(19)21(28)23-7-9-27/h3-6,11,17,27H,7-10,12H2,1-2H3,(H,23,28)/t17-/m1/s1. The van der Waals surface area contributed by atoms with Gasteiger partial charge in [-0.05, 0) is 25.3 Å². The molecule has 9 heteroatoms. The number of aliphatic hydroxyl groups excluding tert-OH is 1. The first-order valence-corrected chi connectivity index (χ1v) is 10.9. The van der Waals surface area contributed by atoms with Crippen LogP contribution in [0.1, 0.15) is 43.2 Å². The summed E-state index contributed by atoms with van der Waals surface area (Å²) in [6.07, 6.45) is 1.13. The van der Waals surface area contributed by atoms with E-state index >= 15 is 0 Å². The van der Waals surface area contributed by atoms with Crippen LogP contribution < -0.4 is 5.32 Å². The number of carbonyl (C=O) groups excluding carboxylic acids is 2. The first kappa shape index (κ1) is 21.4. The molecule has 0 unspecified atom stereocenters. The molecule has 1 aromatic carbocycles. The van der Waals surface area contributed by atoms with E-state index < -0.39 is 6.10 Å². The van der Waals surface area contributed by atoms with Crippen LogP contribution in [0.4, 0.5) is 0 Å². The molecule has 31 heavy (non-hydrogen) atoms. The molecule has 162 valence electrons. The predicted molar refractivity (Wildman–Crippen MR) is 117 cm³/mol. The molecule has 0 saturated carbocycles. The molecule has 0 bridgehead atoms. The number of nitrogens with zero attached hydrogens (tertiary/aromatic N) is 3. The van der Waals surface area contributed by atoms with Crippen molar-refractivity contribution in [3.8, 4) is 0 Å². The third kappa shape index (κ3) is 4.30. The number of nitrogens with one attached hydrogen (secondary N) is 1. The number of rotatable bonds is 5. The van der Waals surface area contributed by atoms with E-state index in [0.717, 1.165) is 15.6 Å². The summed E-state index contributed by atoms with van der Waals surface area (Å²) in [5.41, 5.74) is 1.90. The van der Waals surface area contributed by atoms with Crippen molar-refractivity contribution in [2.45, 2.75) is 20.0 Å². The number of aromatic nitrogens is 2. The molecular formula is C22H24N4O4S. The Hall–Kier alpha value is -2.88. The number of ether oxygens (including phenoxy) is 1. The average Bonchev–Trinajstić information content (AvgIpc) is 3.17. The van der Waals surface area contributed by atoms with Crippen LogP contribution >= 0.6 is 11.3 Å². The fraction of sp³-hybridized carbons (Fsp3) is 0.364. The second kappa shape index (κ2) is 9.09. The van der Waals surface area contributed by atoms with Crippen molar-refractivity contribution in [3.05, 3.63) is 58.0 Å². The molecule has 0 spiro atoms. The Balaban J connectivity index is 1.66. The van der Waals surface area contributed by atoms with Gasteiger partial charge in [0.1, 0.15) is 11.9 Å². The zero-order valence-corrected chi connectivity index (χ0v) is 18.2. The van der Waals surface area contributed by atoms with E-state index in [0.29, 0.717) is 41.7 Å². The topological polar surface area (TPSA) is 105 Å². The summed E-state index contributed by atoms with van der Waals surface area (Å²) in [4.78, 5) is 36.7. The van der Waals surface area contributed by atoms with Gasteiger partial charge in [0.05, 0.1) is 35.9 Å². The Labute approximate surface area is 183 Å². The molecule has 4 rings (SSSR count). The van der Waals surface area contributed by atoms with E-state index in [4.69, 9.17) is 9.84 Å². The quantitative estimate of drug-likeness (QED) is 0.631. The van der Waals surface area contributed by atoms with Crippen LogP contribution in [-0.4, -0.2) is 64.6 Å². The van der Waals surface area contributed by atoms with Crippen molar-refractivity contribution in [2.24, 2.45) is 0 Å². The number of amides is 2. The van der Waals surface area contributed by atoms with Crippen LogP contribution in [0.3, 0.4) is 0 Å². The van der Waals surface area contributed by atoms with Crippen molar-refractivity contribution < 1.29 is 19.4 Å². The van der Waals surface area contributed by atoms with Gasteiger partial charge in [0.15, 0.2) is 0 Å². The molecule has 1 saturated heterocycles. The lowest BCUT2D eigenvalue weighted by Gasteiger charge is -2.33. The minimum atomic E-state index is -0.435. The average molecular weight is 441 g/mol. The van der Waals surface area contributed by atoms with Crippen molar-refractivity contribution >= 4 is 33.2 Å². The van der Waals surface area contributed by atoms with E-state index in [2.05, 4.69) is 15.3 Å². The minimum Gasteiger partial charge on any atom is -0.395 e. The Morgan fingerprint density at radius 1 is 1.32 bits per heavy atom. The van der Waals surface area contributed by atoms with Crippen LogP contribution in [0.5, 0.6) is 0 Å². The van der Waals surface area contributed by atoms with Crippen LogP contribution in [0.15, 0.2) is 30.5 Å². The fourth-order valence-corrected chi connectivity index (χ4v) is 4.95. The van der Waals surface area contributed by atoms with Gasteiger partial charge in [-0.15, -0.1) is 11.3 Å². The second-order valence-electron chi connectivity index (χ2n) is 7.35. The summed E-state index contributed by atoms with van der Waals surface area (Å²) in [6.45, 7) is 4.78. The molecule has 2 aromatic heterocycles. The van der Waals surface area contributed by atoms with Gasteiger partial charge in [0.25, 0.3) is 11.8 Å². The molecule has 2 N–H and O–H groups in total. The number of aliphatic hydroxyl groups is 1. The number of thiophene rings is 1. The first-order valence-electron chi connectivity index (χ1n) is 10.1. The monoisotopic (exact) mass is 440 g/mol. The molecule has 1 aliphatic heterocycles. The van der Waals surface area contributed by atoms with Crippen molar-refractivity contribution in [3.63, 3.8) is 0 Å². The molecule has 1 aliphatic rings. The zero-order valence-electron chi connectivity index (χ0n) is 17.4. The molecule has 1 atom stereocenters. The Morgan fingerprint density at radius 3 is 2.90 bits per heavy atom. The number of benzene rings is 1. The van der Waals surface area contributed by atoms with E-state index in [1.165, 1.54) is 11.3 Å². The molecular weight excluding hydrogens is 416 g/mol. The molecule has 3 heterocycles. The molecule has 0 aliphatic carbocycles. The van der Waals surface area contributed by atoms with Gasteiger partial charge in [0, 0.05) is 29.5 Å². The van der Waals surface area contributed by atoms with Crippen molar-refractivity contribution in [2.75, 3.05) is 32.8 Å². The van der Waals surface area contributed by atoms with E-state index in [9.17, 15) is 9.59 Å². The second-order valence-corrected chi connectivity index (χ2v) is 8.40. The lowest BCUT2D eigenvalue weighted by atomic mass is 10.0. The van der Waals surface area contributed by atoms with Gasteiger partial charge in [-0.3, -0.25) is 9.59 Å². The largest absolute Gasteiger partial charge is 0.395 e. The number of fused-ring (bicyclic) bond motifs is 1. The maximum absolute atomic E-state index is 13.2. The van der Waals surface area contributed by atoms with E-state index in [-0.39, 0.29) is 25.0 Å². The maximum Gasteiger partial charge on any atom is 0.261 e. The van der Waals surface area contributed by atoms with Crippen LogP contribution in [0.25, 0.3) is 10.1 Å². The molecule has 8 nitrogen and oxygen atoms in total. The maximum atomic E-state index is 13.2. The highest BCUT2D eigenvalue weighted by molar-refractivity contribution is 7.21. The SMILES string of the molecule is Cc1ncc(C(=O)N2CCO[C@@H](c3c(C(=O)NCCO)sc4ccccc34)C2)c(C)n1. The van der Waals surface area contributed by atoms with Gasteiger partial charge < -0.3 is 20.1 Å².